The Kier molecular flexibility index (Phi) is 6.51. The summed E-state index contributed by atoms with van der Waals surface area (Å²) in [6.07, 6.45) is 4.76. The highest BCUT2D eigenvalue weighted by molar-refractivity contribution is 5.93. The molecule has 2 aromatic carbocycles. The second-order valence-corrected chi connectivity index (χ2v) is 6.07. The van der Waals surface area contributed by atoms with E-state index in [1.165, 1.54) is 0 Å². The minimum atomic E-state index is 0.663. The van der Waals surface area contributed by atoms with E-state index in [-0.39, 0.29) is 0 Å². The number of anilines is 1. The lowest BCUT2D eigenvalue weighted by Crippen LogP contribution is -2.32. The van der Waals surface area contributed by atoms with Gasteiger partial charge in [-0.05, 0) is 36.2 Å². The summed E-state index contributed by atoms with van der Waals surface area (Å²) in [5, 5.41) is 11.0. The van der Waals surface area contributed by atoms with E-state index in [4.69, 9.17) is 9.47 Å². The van der Waals surface area contributed by atoms with Crippen LogP contribution in [0.25, 0.3) is 5.69 Å². The van der Waals surface area contributed by atoms with E-state index in [1.807, 2.05) is 65.6 Å². The van der Waals surface area contributed by atoms with E-state index in [2.05, 4.69) is 20.7 Å². The van der Waals surface area contributed by atoms with Crippen LogP contribution in [0.2, 0.25) is 0 Å². The van der Waals surface area contributed by atoms with Crippen LogP contribution in [-0.2, 0) is 6.42 Å². The first-order valence-electron chi connectivity index (χ1n) is 9.02. The number of guanidine groups is 1. The molecule has 7 heteroatoms. The molecule has 0 unspecified atom stereocenters. The zero-order valence-electron chi connectivity index (χ0n) is 16.3. The van der Waals surface area contributed by atoms with Crippen molar-refractivity contribution in [3.8, 4) is 17.2 Å². The minimum Gasteiger partial charge on any atom is -0.493 e. The third-order valence-electron chi connectivity index (χ3n) is 4.23. The number of ether oxygens (including phenoxy) is 2. The van der Waals surface area contributed by atoms with Gasteiger partial charge in [-0.25, -0.2) is 4.68 Å². The first-order valence-corrected chi connectivity index (χ1v) is 9.02. The van der Waals surface area contributed by atoms with E-state index in [0.29, 0.717) is 17.5 Å². The number of para-hydroxylation sites is 1. The zero-order chi connectivity index (χ0) is 19.8. The third-order valence-corrected chi connectivity index (χ3v) is 4.23. The number of rotatable bonds is 7. The smallest absolute Gasteiger partial charge is 0.195 e. The van der Waals surface area contributed by atoms with Crippen molar-refractivity contribution in [3.63, 3.8) is 0 Å². The van der Waals surface area contributed by atoms with Crippen molar-refractivity contribution in [3.05, 3.63) is 66.5 Å². The predicted octanol–water partition coefficient (Wildman–Crippen LogP) is 3.12. The van der Waals surface area contributed by atoms with Crippen LogP contribution in [0.3, 0.4) is 0 Å². The fourth-order valence-corrected chi connectivity index (χ4v) is 2.77. The standard InChI is InChI=1S/C21H25N5O2/c1-22-21(25-17-9-10-19(27-2)20(13-17)28-3)23-12-11-16-14-24-26(15-16)18-7-5-4-6-8-18/h4-10,13-15H,11-12H2,1-3H3,(H2,22,23,25). The molecule has 0 fully saturated rings. The SMILES string of the molecule is CN=C(NCCc1cnn(-c2ccccc2)c1)Nc1ccc(OC)c(OC)c1. The predicted molar refractivity (Wildman–Crippen MR) is 112 cm³/mol. The van der Waals surface area contributed by atoms with Gasteiger partial charge in [0.2, 0.25) is 0 Å². The lowest BCUT2D eigenvalue weighted by Gasteiger charge is -2.13. The highest BCUT2D eigenvalue weighted by Gasteiger charge is 2.07. The third kappa shape index (κ3) is 4.82. The first kappa shape index (κ1) is 19.3. The Hall–Kier alpha value is -3.48. The average molecular weight is 379 g/mol. The Morgan fingerprint density at radius 1 is 1.07 bits per heavy atom. The minimum absolute atomic E-state index is 0.663. The van der Waals surface area contributed by atoms with Crippen LogP contribution in [0.15, 0.2) is 65.9 Å². The van der Waals surface area contributed by atoms with Gasteiger partial charge in [0.25, 0.3) is 0 Å². The molecule has 0 spiro atoms. The summed E-state index contributed by atoms with van der Waals surface area (Å²) < 4.78 is 12.5. The summed E-state index contributed by atoms with van der Waals surface area (Å²) >= 11 is 0. The maximum absolute atomic E-state index is 5.34. The summed E-state index contributed by atoms with van der Waals surface area (Å²) in [5.74, 6) is 2.03. The molecule has 28 heavy (non-hydrogen) atoms. The van der Waals surface area contributed by atoms with Gasteiger partial charge in [-0.3, -0.25) is 4.99 Å². The maximum atomic E-state index is 5.34. The van der Waals surface area contributed by atoms with Crippen molar-refractivity contribution < 1.29 is 9.47 Å². The van der Waals surface area contributed by atoms with Gasteiger partial charge in [-0.15, -0.1) is 0 Å². The monoisotopic (exact) mass is 379 g/mol. The topological polar surface area (TPSA) is 72.7 Å². The molecule has 1 aromatic heterocycles. The fraction of sp³-hybridized carbons (Fsp3) is 0.238. The normalized spacial score (nSPS) is 11.2. The van der Waals surface area contributed by atoms with E-state index >= 15 is 0 Å². The molecule has 0 bridgehead atoms. The van der Waals surface area contributed by atoms with Crippen molar-refractivity contribution in [2.24, 2.45) is 4.99 Å². The number of methoxy groups -OCH3 is 2. The number of hydrogen-bond acceptors (Lipinski definition) is 4. The molecule has 0 radical (unpaired) electrons. The van der Waals surface area contributed by atoms with Crippen LogP contribution in [0.1, 0.15) is 5.56 Å². The van der Waals surface area contributed by atoms with Gasteiger partial charge >= 0.3 is 0 Å². The molecule has 0 aliphatic heterocycles. The molecule has 2 N–H and O–H groups in total. The van der Waals surface area contributed by atoms with Crippen LogP contribution in [0.5, 0.6) is 11.5 Å². The number of aliphatic imine (C=N–C) groups is 1. The van der Waals surface area contributed by atoms with Crippen molar-refractivity contribution in [2.75, 3.05) is 33.1 Å². The number of nitrogens with one attached hydrogen (secondary N) is 2. The average Bonchev–Trinajstić information content (AvgIpc) is 3.22. The van der Waals surface area contributed by atoms with Crippen molar-refractivity contribution in [2.45, 2.75) is 6.42 Å². The summed E-state index contributed by atoms with van der Waals surface area (Å²) in [5.41, 5.74) is 3.06. The summed E-state index contributed by atoms with van der Waals surface area (Å²) in [6, 6.07) is 15.7. The number of hydrogen-bond donors (Lipinski definition) is 2. The number of nitrogens with zero attached hydrogens (tertiary/aromatic N) is 3. The van der Waals surface area contributed by atoms with Gasteiger partial charge in [-0.2, -0.15) is 5.10 Å². The second kappa shape index (κ2) is 9.45. The Bertz CT molecular complexity index is 922. The van der Waals surface area contributed by atoms with E-state index < -0.39 is 0 Å². The largest absolute Gasteiger partial charge is 0.493 e. The molecule has 0 saturated carbocycles. The van der Waals surface area contributed by atoms with Gasteiger partial charge in [-0.1, -0.05) is 18.2 Å². The molecular weight excluding hydrogens is 354 g/mol. The van der Waals surface area contributed by atoms with Gasteiger partial charge in [0.15, 0.2) is 17.5 Å². The second-order valence-electron chi connectivity index (χ2n) is 6.07. The van der Waals surface area contributed by atoms with Crippen LogP contribution in [0, 0.1) is 0 Å². The molecule has 0 saturated heterocycles. The lowest BCUT2D eigenvalue weighted by atomic mass is 10.2. The highest BCUT2D eigenvalue weighted by Crippen LogP contribution is 2.29. The molecule has 0 amide bonds. The first-order chi connectivity index (χ1) is 13.7. The Labute approximate surface area is 165 Å². The van der Waals surface area contributed by atoms with Gasteiger partial charge < -0.3 is 20.1 Å². The highest BCUT2D eigenvalue weighted by atomic mass is 16.5. The quantitative estimate of drug-likeness (QED) is 0.487. The summed E-state index contributed by atoms with van der Waals surface area (Å²) in [7, 11) is 4.97. The summed E-state index contributed by atoms with van der Waals surface area (Å²) in [6.45, 7) is 0.730. The number of aromatic nitrogens is 2. The molecule has 7 nitrogen and oxygen atoms in total. The molecule has 0 aliphatic carbocycles. The molecule has 1 heterocycles. The fourth-order valence-electron chi connectivity index (χ4n) is 2.77. The van der Waals surface area contributed by atoms with Crippen LogP contribution in [-0.4, -0.2) is 43.6 Å². The zero-order valence-corrected chi connectivity index (χ0v) is 16.3. The van der Waals surface area contributed by atoms with Crippen LogP contribution < -0.4 is 20.1 Å². The van der Waals surface area contributed by atoms with Crippen LogP contribution in [0.4, 0.5) is 5.69 Å². The van der Waals surface area contributed by atoms with E-state index in [1.54, 1.807) is 21.3 Å². The van der Waals surface area contributed by atoms with Crippen LogP contribution >= 0.6 is 0 Å². The molecular formula is C21H25N5O2. The van der Waals surface area contributed by atoms with Gasteiger partial charge in [0, 0.05) is 31.5 Å². The maximum Gasteiger partial charge on any atom is 0.195 e. The van der Waals surface area contributed by atoms with E-state index in [0.717, 1.165) is 29.9 Å². The molecule has 0 aliphatic rings. The summed E-state index contributed by atoms with van der Waals surface area (Å²) in [4.78, 5) is 4.27. The van der Waals surface area contributed by atoms with Gasteiger partial charge in [0.05, 0.1) is 26.1 Å². The van der Waals surface area contributed by atoms with Crippen molar-refractivity contribution in [1.29, 1.82) is 0 Å². The lowest BCUT2D eigenvalue weighted by molar-refractivity contribution is 0.355. The Morgan fingerprint density at radius 3 is 2.57 bits per heavy atom. The molecule has 3 rings (SSSR count). The van der Waals surface area contributed by atoms with Gasteiger partial charge in [0.1, 0.15) is 0 Å². The van der Waals surface area contributed by atoms with Crippen molar-refractivity contribution >= 4 is 11.6 Å². The van der Waals surface area contributed by atoms with E-state index in [9.17, 15) is 0 Å². The molecule has 146 valence electrons. The molecule has 0 atom stereocenters. The van der Waals surface area contributed by atoms with Crippen molar-refractivity contribution in [1.82, 2.24) is 15.1 Å². The Balaban J connectivity index is 1.54. The molecule has 3 aromatic rings. The Morgan fingerprint density at radius 2 is 1.86 bits per heavy atom. The number of benzene rings is 2.